The van der Waals surface area contributed by atoms with E-state index in [0.717, 1.165) is 28.6 Å². The second kappa shape index (κ2) is 6.58. The summed E-state index contributed by atoms with van der Waals surface area (Å²) in [6.07, 6.45) is 1.08. The van der Waals surface area contributed by atoms with E-state index in [1.54, 1.807) is 11.3 Å². The predicted octanol–water partition coefficient (Wildman–Crippen LogP) is 4.91. The average molecular weight is 300 g/mol. The highest BCUT2D eigenvalue weighted by molar-refractivity contribution is 7.10. The summed E-state index contributed by atoms with van der Waals surface area (Å²) < 4.78 is 0. The molecule has 0 radical (unpaired) electrons. The van der Waals surface area contributed by atoms with E-state index in [2.05, 4.69) is 23.7 Å². The van der Waals surface area contributed by atoms with Crippen molar-refractivity contribution in [3.05, 3.63) is 55.7 Å². The summed E-state index contributed by atoms with van der Waals surface area (Å²) in [5.41, 5.74) is 2.38. The maximum absolute atomic E-state index is 6.13. The lowest BCUT2D eigenvalue weighted by molar-refractivity contribution is 0.697. The first-order valence-electron chi connectivity index (χ1n) is 5.91. The lowest BCUT2D eigenvalue weighted by atomic mass is 10.2. The summed E-state index contributed by atoms with van der Waals surface area (Å²) in [6, 6.07) is 7.78. The Balaban J connectivity index is 1.97. The minimum atomic E-state index is 0.694. The van der Waals surface area contributed by atoms with Crippen LogP contribution < -0.4 is 5.32 Å². The van der Waals surface area contributed by atoms with Gasteiger partial charge in [-0.15, -0.1) is 11.3 Å². The average Bonchev–Trinajstić information content (AvgIpc) is 2.80. The number of rotatable bonds is 5. The van der Waals surface area contributed by atoms with Crippen LogP contribution in [0.5, 0.6) is 0 Å². The van der Waals surface area contributed by atoms with Crippen molar-refractivity contribution in [3.63, 3.8) is 0 Å². The van der Waals surface area contributed by atoms with E-state index in [4.69, 9.17) is 23.2 Å². The molecule has 0 aliphatic rings. The van der Waals surface area contributed by atoms with Crippen LogP contribution in [-0.4, -0.2) is 0 Å². The van der Waals surface area contributed by atoms with Crippen molar-refractivity contribution in [3.8, 4) is 0 Å². The third kappa shape index (κ3) is 3.27. The van der Waals surface area contributed by atoms with Crippen LogP contribution in [0.4, 0.5) is 0 Å². The van der Waals surface area contributed by atoms with Crippen molar-refractivity contribution in [2.75, 3.05) is 0 Å². The highest BCUT2D eigenvalue weighted by Crippen LogP contribution is 2.24. The van der Waals surface area contributed by atoms with Gasteiger partial charge in [-0.3, -0.25) is 0 Å². The lowest BCUT2D eigenvalue weighted by Gasteiger charge is -2.08. The van der Waals surface area contributed by atoms with E-state index in [1.165, 1.54) is 10.4 Å². The van der Waals surface area contributed by atoms with Crippen molar-refractivity contribution in [1.82, 2.24) is 5.32 Å². The number of benzene rings is 1. The first kappa shape index (κ1) is 13.9. The molecule has 96 valence electrons. The Labute approximate surface area is 122 Å². The maximum atomic E-state index is 6.13. The van der Waals surface area contributed by atoms with Crippen LogP contribution in [-0.2, 0) is 19.5 Å². The standard InChI is InChI=1S/C14H15Cl2NS/c1-2-10-6-7-18-14(10)9-17-8-11-12(15)4-3-5-13(11)16/h3-7,17H,2,8-9H2,1H3. The molecule has 2 aromatic rings. The number of hydrogen-bond donors (Lipinski definition) is 1. The molecule has 0 aliphatic heterocycles. The third-order valence-electron chi connectivity index (χ3n) is 2.87. The molecule has 2 rings (SSSR count). The van der Waals surface area contributed by atoms with Gasteiger partial charge in [-0.1, -0.05) is 36.2 Å². The zero-order valence-corrected chi connectivity index (χ0v) is 12.5. The highest BCUT2D eigenvalue weighted by Gasteiger charge is 2.06. The van der Waals surface area contributed by atoms with Crippen LogP contribution in [0.25, 0.3) is 0 Å². The molecular formula is C14H15Cl2NS. The van der Waals surface area contributed by atoms with Crippen molar-refractivity contribution >= 4 is 34.5 Å². The molecule has 0 atom stereocenters. The smallest absolute Gasteiger partial charge is 0.0465 e. The molecule has 1 aromatic carbocycles. The van der Waals surface area contributed by atoms with Crippen molar-refractivity contribution in [2.24, 2.45) is 0 Å². The fraction of sp³-hybridized carbons (Fsp3) is 0.286. The van der Waals surface area contributed by atoms with E-state index < -0.39 is 0 Å². The Kier molecular flexibility index (Phi) is 5.07. The molecule has 0 fully saturated rings. The SMILES string of the molecule is CCc1ccsc1CNCc1c(Cl)cccc1Cl. The molecule has 0 aliphatic carbocycles. The fourth-order valence-corrected chi connectivity index (χ4v) is 3.32. The van der Waals surface area contributed by atoms with E-state index >= 15 is 0 Å². The van der Waals surface area contributed by atoms with Crippen LogP contribution in [0, 0.1) is 0 Å². The van der Waals surface area contributed by atoms with Gasteiger partial charge in [0.2, 0.25) is 0 Å². The van der Waals surface area contributed by atoms with E-state index in [1.807, 2.05) is 18.2 Å². The minimum absolute atomic E-state index is 0.694. The third-order valence-corrected chi connectivity index (χ3v) is 4.54. The van der Waals surface area contributed by atoms with Crippen molar-refractivity contribution in [1.29, 1.82) is 0 Å². The van der Waals surface area contributed by atoms with E-state index in [9.17, 15) is 0 Å². The van der Waals surface area contributed by atoms with Gasteiger partial charge in [-0.25, -0.2) is 0 Å². The maximum Gasteiger partial charge on any atom is 0.0465 e. The summed E-state index contributed by atoms with van der Waals surface area (Å²) >= 11 is 14.0. The molecule has 0 spiro atoms. The van der Waals surface area contributed by atoms with Gasteiger partial charge in [-0.2, -0.15) is 0 Å². The van der Waals surface area contributed by atoms with Gasteiger partial charge in [0.1, 0.15) is 0 Å². The molecule has 1 nitrogen and oxygen atoms in total. The Bertz CT molecular complexity index is 502. The zero-order chi connectivity index (χ0) is 13.0. The summed E-state index contributed by atoms with van der Waals surface area (Å²) in [6.45, 7) is 3.73. The summed E-state index contributed by atoms with van der Waals surface area (Å²) in [5.74, 6) is 0. The Hall–Kier alpha value is -0.540. The van der Waals surface area contributed by atoms with Crippen LogP contribution in [0.2, 0.25) is 10.0 Å². The first-order valence-corrected chi connectivity index (χ1v) is 7.54. The number of aryl methyl sites for hydroxylation is 1. The minimum Gasteiger partial charge on any atom is -0.308 e. The van der Waals surface area contributed by atoms with Crippen LogP contribution in [0.1, 0.15) is 22.9 Å². The van der Waals surface area contributed by atoms with Crippen molar-refractivity contribution in [2.45, 2.75) is 26.4 Å². The van der Waals surface area contributed by atoms with Crippen LogP contribution >= 0.6 is 34.5 Å². The normalized spacial score (nSPS) is 10.8. The van der Waals surface area contributed by atoms with Gasteiger partial charge in [-0.05, 0) is 35.6 Å². The number of halogens is 2. The molecule has 18 heavy (non-hydrogen) atoms. The monoisotopic (exact) mass is 299 g/mol. The van der Waals surface area contributed by atoms with Crippen LogP contribution in [0.15, 0.2) is 29.6 Å². The number of thiophene rings is 1. The van der Waals surface area contributed by atoms with Gasteiger partial charge in [0.25, 0.3) is 0 Å². The summed E-state index contributed by atoms with van der Waals surface area (Å²) in [5, 5.41) is 6.98. The van der Waals surface area contributed by atoms with E-state index in [0.29, 0.717) is 6.54 Å². The highest BCUT2D eigenvalue weighted by atomic mass is 35.5. The van der Waals surface area contributed by atoms with Gasteiger partial charge in [0, 0.05) is 33.6 Å². The molecular weight excluding hydrogens is 285 g/mol. The first-order chi connectivity index (χ1) is 8.72. The summed E-state index contributed by atoms with van der Waals surface area (Å²) in [7, 11) is 0. The Morgan fingerprint density at radius 2 is 1.83 bits per heavy atom. The molecule has 0 saturated carbocycles. The second-order valence-corrected chi connectivity index (χ2v) is 5.84. The molecule has 0 saturated heterocycles. The Morgan fingerprint density at radius 1 is 1.11 bits per heavy atom. The fourth-order valence-electron chi connectivity index (χ4n) is 1.84. The molecule has 1 heterocycles. The molecule has 0 unspecified atom stereocenters. The largest absolute Gasteiger partial charge is 0.308 e. The van der Waals surface area contributed by atoms with Gasteiger partial charge >= 0.3 is 0 Å². The molecule has 4 heteroatoms. The number of hydrogen-bond acceptors (Lipinski definition) is 2. The molecule has 1 N–H and O–H groups in total. The second-order valence-electron chi connectivity index (χ2n) is 4.03. The predicted molar refractivity (Wildman–Crippen MR) is 80.7 cm³/mol. The summed E-state index contributed by atoms with van der Waals surface area (Å²) in [4.78, 5) is 1.39. The van der Waals surface area contributed by atoms with Gasteiger partial charge in [0.05, 0.1) is 0 Å². The van der Waals surface area contributed by atoms with Gasteiger partial charge in [0.15, 0.2) is 0 Å². The van der Waals surface area contributed by atoms with Gasteiger partial charge < -0.3 is 5.32 Å². The lowest BCUT2D eigenvalue weighted by Crippen LogP contribution is -2.13. The molecule has 0 amide bonds. The topological polar surface area (TPSA) is 12.0 Å². The quantitative estimate of drug-likeness (QED) is 0.827. The number of nitrogens with one attached hydrogen (secondary N) is 1. The van der Waals surface area contributed by atoms with Crippen LogP contribution in [0.3, 0.4) is 0 Å². The van der Waals surface area contributed by atoms with E-state index in [-0.39, 0.29) is 0 Å². The molecule has 1 aromatic heterocycles. The molecule has 0 bridgehead atoms. The zero-order valence-electron chi connectivity index (χ0n) is 10.2. The Morgan fingerprint density at radius 3 is 2.50 bits per heavy atom. The van der Waals surface area contributed by atoms with Crippen molar-refractivity contribution < 1.29 is 0 Å².